The molecule has 1 aromatic rings. The molecule has 0 bridgehead atoms. The molecule has 0 spiro atoms. The first-order valence-electron chi connectivity index (χ1n) is 8.24. The average Bonchev–Trinajstić information content (AvgIpc) is 2.55. The van der Waals surface area contributed by atoms with Crippen molar-refractivity contribution in [3.05, 3.63) is 33.4 Å². The topological polar surface area (TPSA) is 92.6 Å². The molecule has 1 aromatic carbocycles. The summed E-state index contributed by atoms with van der Waals surface area (Å²) in [5, 5.41) is 14.6. The van der Waals surface area contributed by atoms with Gasteiger partial charge in [-0.05, 0) is 56.8 Å². The van der Waals surface area contributed by atoms with Gasteiger partial charge < -0.3 is 5.32 Å². The first-order chi connectivity index (χ1) is 11.3. The van der Waals surface area contributed by atoms with Gasteiger partial charge in [0.25, 0.3) is 5.69 Å². The van der Waals surface area contributed by atoms with E-state index in [0.29, 0.717) is 24.6 Å². The highest BCUT2D eigenvalue weighted by Crippen LogP contribution is 2.33. The number of piperidine rings is 1. The third-order valence-electron chi connectivity index (χ3n) is 4.71. The highest BCUT2D eigenvalue weighted by atomic mass is 35.5. The van der Waals surface area contributed by atoms with Gasteiger partial charge in [0.1, 0.15) is 0 Å². The number of benzene rings is 1. The van der Waals surface area contributed by atoms with Crippen molar-refractivity contribution < 1.29 is 13.3 Å². The number of rotatable bonds is 6. The Labute approximate surface area is 155 Å². The molecule has 1 aliphatic heterocycles. The largest absolute Gasteiger partial charge is 0.317 e. The number of nitrogens with one attached hydrogen (secondary N) is 1. The van der Waals surface area contributed by atoms with Crippen molar-refractivity contribution in [3.8, 4) is 0 Å². The Balaban J connectivity index is 0.00000312. The molecule has 0 amide bonds. The number of hydrogen-bond donors (Lipinski definition) is 1. The number of halogens is 1. The molecule has 2 rings (SSSR count). The molecule has 1 aliphatic rings. The Hall–Kier alpha value is -1.22. The van der Waals surface area contributed by atoms with Crippen molar-refractivity contribution in [1.29, 1.82) is 0 Å². The lowest BCUT2D eigenvalue weighted by atomic mass is 9.98. The van der Waals surface area contributed by atoms with E-state index in [1.807, 2.05) is 6.92 Å². The van der Waals surface area contributed by atoms with E-state index in [2.05, 4.69) is 5.32 Å². The molecule has 0 atom stereocenters. The molecule has 1 N–H and O–H groups in total. The minimum absolute atomic E-state index is 0. The van der Waals surface area contributed by atoms with Gasteiger partial charge in [-0.15, -0.1) is 12.4 Å². The van der Waals surface area contributed by atoms with E-state index in [0.717, 1.165) is 31.5 Å². The predicted molar refractivity (Wildman–Crippen MR) is 99.8 cm³/mol. The molecular weight excluding hydrogens is 366 g/mol. The molecule has 0 aromatic heterocycles. The van der Waals surface area contributed by atoms with Crippen LogP contribution >= 0.6 is 12.4 Å². The molecule has 7 nitrogen and oxygen atoms in total. The van der Waals surface area contributed by atoms with Gasteiger partial charge in [0, 0.05) is 19.2 Å². The molecule has 1 fully saturated rings. The third kappa shape index (κ3) is 4.69. The zero-order valence-electron chi connectivity index (χ0n) is 14.8. The lowest BCUT2D eigenvalue weighted by Crippen LogP contribution is -2.41. The monoisotopic (exact) mass is 391 g/mol. The van der Waals surface area contributed by atoms with Crippen LogP contribution in [-0.2, 0) is 10.0 Å². The van der Waals surface area contributed by atoms with E-state index >= 15 is 0 Å². The van der Waals surface area contributed by atoms with E-state index in [9.17, 15) is 18.5 Å². The SMILES string of the molecule is CCNCC1CCN(S(=O)(=O)c2c([N+](=O)[O-])ccc(C)c2C)CC1.Cl. The maximum Gasteiger partial charge on any atom is 0.289 e. The van der Waals surface area contributed by atoms with Gasteiger partial charge >= 0.3 is 0 Å². The van der Waals surface area contributed by atoms with Crippen LogP contribution in [0.5, 0.6) is 0 Å². The Morgan fingerprint density at radius 3 is 2.40 bits per heavy atom. The average molecular weight is 392 g/mol. The normalized spacial score (nSPS) is 16.4. The van der Waals surface area contributed by atoms with Crippen LogP contribution < -0.4 is 5.32 Å². The molecule has 0 saturated carbocycles. The summed E-state index contributed by atoms with van der Waals surface area (Å²) >= 11 is 0. The summed E-state index contributed by atoms with van der Waals surface area (Å²) in [5.74, 6) is 0.449. The number of nitro groups is 1. The summed E-state index contributed by atoms with van der Waals surface area (Å²) in [6.45, 7) is 8.03. The molecule has 0 unspecified atom stereocenters. The second-order valence-corrected chi connectivity index (χ2v) is 8.14. The van der Waals surface area contributed by atoms with E-state index in [4.69, 9.17) is 0 Å². The summed E-state index contributed by atoms with van der Waals surface area (Å²) in [6, 6.07) is 2.88. The fourth-order valence-electron chi connectivity index (χ4n) is 3.08. The first-order valence-corrected chi connectivity index (χ1v) is 9.68. The van der Waals surface area contributed by atoms with Crippen LogP contribution in [0.4, 0.5) is 5.69 Å². The molecule has 0 radical (unpaired) electrons. The summed E-state index contributed by atoms with van der Waals surface area (Å²) in [7, 11) is -3.86. The lowest BCUT2D eigenvalue weighted by Gasteiger charge is -2.31. The van der Waals surface area contributed by atoms with Gasteiger partial charge in [-0.1, -0.05) is 13.0 Å². The summed E-state index contributed by atoms with van der Waals surface area (Å²) in [4.78, 5) is 10.5. The number of aryl methyl sites for hydroxylation is 1. The van der Waals surface area contributed by atoms with Gasteiger partial charge in [-0.2, -0.15) is 4.31 Å². The van der Waals surface area contributed by atoms with Crippen molar-refractivity contribution in [1.82, 2.24) is 9.62 Å². The van der Waals surface area contributed by atoms with Crippen molar-refractivity contribution in [2.75, 3.05) is 26.2 Å². The predicted octanol–water partition coefficient (Wildman–Crippen LogP) is 2.64. The maximum atomic E-state index is 13.0. The Morgan fingerprint density at radius 1 is 1.28 bits per heavy atom. The zero-order valence-corrected chi connectivity index (χ0v) is 16.5. The number of nitro benzene ring substituents is 1. The minimum Gasteiger partial charge on any atom is -0.317 e. The van der Waals surface area contributed by atoms with Gasteiger partial charge in [-0.25, -0.2) is 8.42 Å². The van der Waals surface area contributed by atoms with Gasteiger partial charge in [0.05, 0.1) is 4.92 Å². The number of hydrogen-bond acceptors (Lipinski definition) is 5. The second kappa shape index (κ2) is 8.93. The molecule has 142 valence electrons. The Morgan fingerprint density at radius 2 is 1.88 bits per heavy atom. The highest BCUT2D eigenvalue weighted by Gasteiger charge is 2.35. The van der Waals surface area contributed by atoms with Crippen LogP contribution in [-0.4, -0.2) is 43.8 Å². The number of sulfonamides is 1. The zero-order chi connectivity index (χ0) is 17.9. The molecule has 25 heavy (non-hydrogen) atoms. The van der Waals surface area contributed by atoms with E-state index in [1.165, 1.54) is 10.4 Å². The second-order valence-electron chi connectivity index (χ2n) is 6.27. The summed E-state index contributed by atoms with van der Waals surface area (Å²) < 4.78 is 27.4. The van der Waals surface area contributed by atoms with E-state index in [-0.39, 0.29) is 23.0 Å². The van der Waals surface area contributed by atoms with Crippen LogP contribution in [0.2, 0.25) is 0 Å². The fourth-order valence-corrected chi connectivity index (χ4v) is 4.98. The van der Waals surface area contributed by atoms with Crippen LogP contribution in [0.15, 0.2) is 17.0 Å². The number of nitrogens with zero attached hydrogens (tertiary/aromatic N) is 2. The van der Waals surface area contributed by atoms with Gasteiger partial charge in [0.2, 0.25) is 10.0 Å². The Kier molecular flexibility index (Phi) is 7.80. The lowest BCUT2D eigenvalue weighted by molar-refractivity contribution is -0.388. The van der Waals surface area contributed by atoms with E-state index in [1.54, 1.807) is 19.9 Å². The van der Waals surface area contributed by atoms with Crippen molar-refractivity contribution in [2.24, 2.45) is 5.92 Å². The Bertz CT molecular complexity index is 716. The molecule has 1 heterocycles. The van der Waals surface area contributed by atoms with E-state index < -0.39 is 14.9 Å². The molecule has 0 aliphatic carbocycles. The van der Waals surface area contributed by atoms with Crippen LogP contribution in [0, 0.1) is 29.9 Å². The van der Waals surface area contributed by atoms with Crippen LogP contribution in [0.1, 0.15) is 30.9 Å². The summed E-state index contributed by atoms with van der Waals surface area (Å²) in [6.07, 6.45) is 1.54. The first kappa shape index (κ1) is 21.8. The van der Waals surface area contributed by atoms with Crippen molar-refractivity contribution in [2.45, 2.75) is 38.5 Å². The van der Waals surface area contributed by atoms with Gasteiger partial charge in [0.15, 0.2) is 4.90 Å². The summed E-state index contributed by atoms with van der Waals surface area (Å²) in [5.41, 5.74) is 0.855. The molecule has 9 heteroatoms. The minimum atomic E-state index is -3.86. The molecule has 1 saturated heterocycles. The van der Waals surface area contributed by atoms with Crippen molar-refractivity contribution >= 4 is 28.1 Å². The quantitative estimate of drug-likeness (QED) is 0.594. The van der Waals surface area contributed by atoms with Crippen LogP contribution in [0.25, 0.3) is 0 Å². The van der Waals surface area contributed by atoms with Crippen molar-refractivity contribution in [3.63, 3.8) is 0 Å². The van der Waals surface area contributed by atoms with Crippen LogP contribution in [0.3, 0.4) is 0 Å². The van der Waals surface area contributed by atoms with Gasteiger partial charge in [-0.3, -0.25) is 10.1 Å². The fraction of sp³-hybridized carbons (Fsp3) is 0.625. The molecular formula is C16H26ClN3O4S. The highest BCUT2D eigenvalue weighted by molar-refractivity contribution is 7.89. The maximum absolute atomic E-state index is 13.0. The standard InChI is InChI=1S/C16H25N3O4S.ClH/c1-4-17-11-14-7-9-18(10-8-14)24(22,23)16-13(3)12(2)5-6-15(16)19(20)21;/h5-6,14,17H,4,7-11H2,1-3H3;1H. The third-order valence-corrected chi connectivity index (χ3v) is 6.78. The smallest absolute Gasteiger partial charge is 0.289 e.